The van der Waals surface area contributed by atoms with Crippen LogP contribution in [0.2, 0.25) is 0 Å². The molecule has 0 heterocycles. The number of ether oxygens (including phenoxy) is 1. The van der Waals surface area contributed by atoms with Crippen LogP contribution in [0.15, 0.2) is 41.3 Å². The van der Waals surface area contributed by atoms with Crippen molar-refractivity contribution in [3.8, 4) is 0 Å². The van der Waals surface area contributed by atoms with Gasteiger partial charge < -0.3 is 4.74 Å². The first-order chi connectivity index (χ1) is 13.6. The van der Waals surface area contributed by atoms with Gasteiger partial charge in [-0.1, -0.05) is 31.5 Å². The molecular weight excluding hydrogens is 397 g/mol. The van der Waals surface area contributed by atoms with E-state index in [2.05, 4.69) is 0 Å². The minimum Gasteiger partial charge on any atom is -0.454 e. The average Bonchev–Trinajstić information content (AvgIpc) is 2.68. The molecule has 0 saturated heterocycles. The van der Waals surface area contributed by atoms with Gasteiger partial charge >= 0.3 is 5.97 Å². The SMILES string of the molecule is CCN(CC)S(=O)(=O)c1cc(C(=O)OCC(=O)c2cc(C)ccc2C)ccc1F. The molecule has 2 aromatic rings. The number of benzene rings is 2. The van der Waals surface area contributed by atoms with Crippen molar-refractivity contribution in [2.24, 2.45) is 0 Å². The molecular formula is C21H24FNO5S. The van der Waals surface area contributed by atoms with Gasteiger partial charge in [0.15, 0.2) is 6.61 Å². The van der Waals surface area contributed by atoms with Gasteiger partial charge in [0.1, 0.15) is 10.7 Å². The van der Waals surface area contributed by atoms with Gasteiger partial charge in [-0.25, -0.2) is 17.6 Å². The Labute approximate surface area is 170 Å². The quantitative estimate of drug-likeness (QED) is 0.481. The highest BCUT2D eigenvalue weighted by Crippen LogP contribution is 2.21. The molecule has 2 aromatic carbocycles. The zero-order valence-corrected chi connectivity index (χ0v) is 17.7. The molecule has 0 aliphatic carbocycles. The molecule has 156 valence electrons. The van der Waals surface area contributed by atoms with Crippen molar-refractivity contribution in [3.63, 3.8) is 0 Å². The summed E-state index contributed by atoms with van der Waals surface area (Å²) < 4.78 is 45.5. The Balaban J connectivity index is 2.22. The van der Waals surface area contributed by atoms with E-state index in [4.69, 9.17) is 4.74 Å². The Morgan fingerprint density at radius 1 is 1.03 bits per heavy atom. The van der Waals surface area contributed by atoms with Gasteiger partial charge in [-0.05, 0) is 43.7 Å². The second kappa shape index (κ2) is 9.28. The smallest absolute Gasteiger partial charge is 0.338 e. The number of Topliss-reactive ketones (excluding diaryl/α,β-unsaturated/α-hetero) is 1. The monoisotopic (exact) mass is 421 g/mol. The Hall–Kier alpha value is -2.58. The Morgan fingerprint density at radius 3 is 2.31 bits per heavy atom. The zero-order valence-electron chi connectivity index (χ0n) is 16.9. The standard InChI is InChI=1S/C21H24FNO5S/c1-5-23(6-2)29(26,27)20-12-16(9-10-18(20)22)21(25)28-13-19(24)17-11-14(3)7-8-15(17)4/h7-12H,5-6,13H2,1-4H3. The maximum Gasteiger partial charge on any atom is 0.338 e. The van der Waals surface area contributed by atoms with E-state index in [9.17, 15) is 22.4 Å². The molecule has 6 nitrogen and oxygen atoms in total. The lowest BCUT2D eigenvalue weighted by Gasteiger charge is -2.19. The van der Waals surface area contributed by atoms with Crippen molar-refractivity contribution in [2.45, 2.75) is 32.6 Å². The number of rotatable bonds is 8. The minimum absolute atomic E-state index is 0.147. The molecule has 0 aromatic heterocycles. The minimum atomic E-state index is -4.09. The van der Waals surface area contributed by atoms with E-state index in [1.54, 1.807) is 32.9 Å². The second-order valence-electron chi connectivity index (χ2n) is 6.55. The maximum absolute atomic E-state index is 14.2. The zero-order chi connectivity index (χ0) is 21.8. The number of sulfonamides is 1. The summed E-state index contributed by atoms with van der Waals surface area (Å²) in [4.78, 5) is 24.1. The molecule has 0 radical (unpaired) electrons. The van der Waals surface area contributed by atoms with Gasteiger partial charge in [-0.15, -0.1) is 0 Å². The van der Waals surface area contributed by atoms with E-state index in [0.29, 0.717) is 5.56 Å². The van der Waals surface area contributed by atoms with E-state index < -0.39 is 33.3 Å². The number of hydrogen-bond acceptors (Lipinski definition) is 5. The number of hydrogen-bond donors (Lipinski definition) is 0. The summed E-state index contributed by atoms with van der Waals surface area (Å²) in [6, 6.07) is 8.34. The van der Waals surface area contributed by atoms with Crippen molar-refractivity contribution < 1.29 is 27.1 Å². The normalized spacial score (nSPS) is 11.5. The Morgan fingerprint density at radius 2 is 1.69 bits per heavy atom. The number of esters is 1. The van der Waals surface area contributed by atoms with Gasteiger partial charge in [-0.2, -0.15) is 4.31 Å². The fourth-order valence-corrected chi connectivity index (χ4v) is 4.41. The third kappa shape index (κ3) is 5.07. The van der Waals surface area contributed by atoms with Crippen LogP contribution in [0, 0.1) is 19.7 Å². The highest BCUT2D eigenvalue weighted by atomic mass is 32.2. The van der Waals surface area contributed by atoms with Crippen LogP contribution in [0.3, 0.4) is 0 Å². The predicted molar refractivity (Wildman–Crippen MR) is 107 cm³/mol. The molecule has 0 spiro atoms. The summed E-state index contributed by atoms with van der Waals surface area (Å²) in [5, 5.41) is 0. The number of carbonyl (C=O) groups excluding carboxylic acids is 2. The molecule has 0 amide bonds. The van der Waals surface area contributed by atoms with Gasteiger partial charge in [0.25, 0.3) is 0 Å². The van der Waals surface area contributed by atoms with E-state index in [1.807, 2.05) is 13.0 Å². The Kier molecular flexibility index (Phi) is 7.26. The lowest BCUT2D eigenvalue weighted by atomic mass is 10.0. The predicted octanol–water partition coefficient (Wildman–Crippen LogP) is 3.51. The highest BCUT2D eigenvalue weighted by Gasteiger charge is 2.27. The van der Waals surface area contributed by atoms with Crippen LogP contribution in [0.5, 0.6) is 0 Å². The van der Waals surface area contributed by atoms with Crippen LogP contribution >= 0.6 is 0 Å². The summed E-state index contributed by atoms with van der Waals surface area (Å²) in [6.07, 6.45) is 0. The molecule has 2 rings (SSSR count). The maximum atomic E-state index is 14.2. The van der Waals surface area contributed by atoms with Gasteiger partial charge in [0, 0.05) is 18.7 Å². The molecule has 0 aliphatic rings. The number of halogens is 1. The largest absolute Gasteiger partial charge is 0.454 e. The van der Waals surface area contributed by atoms with Crippen molar-refractivity contribution >= 4 is 21.8 Å². The lowest BCUT2D eigenvalue weighted by molar-refractivity contribution is 0.0474. The first-order valence-corrected chi connectivity index (χ1v) is 10.6. The van der Waals surface area contributed by atoms with Crippen LogP contribution in [0.4, 0.5) is 4.39 Å². The molecule has 0 atom stereocenters. The molecule has 0 saturated carbocycles. The molecule has 29 heavy (non-hydrogen) atoms. The number of ketones is 1. The summed E-state index contributed by atoms with van der Waals surface area (Å²) in [5.74, 6) is -2.24. The molecule has 0 aliphatic heterocycles. The molecule has 0 bridgehead atoms. The summed E-state index contributed by atoms with van der Waals surface area (Å²) in [6.45, 7) is 6.72. The Bertz CT molecular complexity index is 1030. The van der Waals surface area contributed by atoms with Crippen LogP contribution in [-0.4, -0.2) is 44.2 Å². The van der Waals surface area contributed by atoms with Crippen molar-refractivity contribution in [2.75, 3.05) is 19.7 Å². The van der Waals surface area contributed by atoms with Crippen LogP contribution in [-0.2, 0) is 14.8 Å². The molecule has 0 fully saturated rings. The number of carbonyl (C=O) groups is 2. The highest BCUT2D eigenvalue weighted by molar-refractivity contribution is 7.89. The van der Waals surface area contributed by atoms with Crippen LogP contribution in [0.25, 0.3) is 0 Å². The fraction of sp³-hybridized carbons (Fsp3) is 0.333. The molecule has 0 N–H and O–H groups in total. The first kappa shape index (κ1) is 22.7. The van der Waals surface area contributed by atoms with E-state index >= 15 is 0 Å². The summed E-state index contributed by atoms with van der Waals surface area (Å²) >= 11 is 0. The third-order valence-electron chi connectivity index (χ3n) is 4.52. The number of aryl methyl sites for hydroxylation is 2. The van der Waals surface area contributed by atoms with E-state index in [1.165, 1.54) is 0 Å². The van der Waals surface area contributed by atoms with Crippen molar-refractivity contribution in [3.05, 3.63) is 64.5 Å². The van der Waals surface area contributed by atoms with E-state index in [0.717, 1.165) is 33.6 Å². The third-order valence-corrected chi connectivity index (χ3v) is 6.58. The van der Waals surface area contributed by atoms with Gasteiger partial charge in [-0.3, -0.25) is 4.79 Å². The molecule has 0 unspecified atom stereocenters. The van der Waals surface area contributed by atoms with Gasteiger partial charge in [0.05, 0.1) is 5.56 Å². The number of nitrogens with zero attached hydrogens (tertiary/aromatic N) is 1. The fourth-order valence-electron chi connectivity index (χ4n) is 2.86. The van der Waals surface area contributed by atoms with E-state index in [-0.39, 0.29) is 24.4 Å². The van der Waals surface area contributed by atoms with Crippen molar-refractivity contribution in [1.82, 2.24) is 4.31 Å². The topological polar surface area (TPSA) is 80.8 Å². The van der Waals surface area contributed by atoms with Crippen LogP contribution < -0.4 is 0 Å². The lowest BCUT2D eigenvalue weighted by Crippen LogP contribution is -2.31. The van der Waals surface area contributed by atoms with Crippen LogP contribution in [0.1, 0.15) is 45.7 Å². The van der Waals surface area contributed by atoms with Gasteiger partial charge in [0.2, 0.25) is 15.8 Å². The second-order valence-corrected chi connectivity index (χ2v) is 8.46. The average molecular weight is 421 g/mol. The van der Waals surface area contributed by atoms with Crippen molar-refractivity contribution in [1.29, 1.82) is 0 Å². The summed E-state index contributed by atoms with van der Waals surface area (Å²) in [5.41, 5.74) is 1.95. The summed E-state index contributed by atoms with van der Waals surface area (Å²) in [7, 11) is -4.09. The molecule has 8 heteroatoms. The first-order valence-electron chi connectivity index (χ1n) is 9.19.